The SMILES string of the molecule is O=C1OCCOCCOCCOC(=O)c2ccc(o2)-c2ccc1o2. The lowest BCUT2D eigenvalue weighted by Crippen LogP contribution is -2.15. The molecule has 0 N–H and O–H groups in total. The van der Waals surface area contributed by atoms with Crippen molar-refractivity contribution in [1.29, 1.82) is 0 Å². The van der Waals surface area contributed by atoms with E-state index in [1.807, 2.05) is 0 Å². The van der Waals surface area contributed by atoms with E-state index in [1.165, 1.54) is 12.1 Å². The van der Waals surface area contributed by atoms with Crippen LogP contribution in [-0.4, -0.2) is 51.6 Å². The van der Waals surface area contributed by atoms with Crippen molar-refractivity contribution in [3.8, 4) is 11.5 Å². The first-order chi connectivity index (χ1) is 11.7. The lowest BCUT2D eigenvalue weighted by molar-refractivity contribution is 0.000618. The molecule has 0 radical (unpaired) electrons. The zero-order valence-electron chi connectivity index (χ0n) is 12.8. The molecule has 3 rings (SSSR count). The van der Waals surface area contributed by atoms with Crippen molar-refractivity contribution in [3.63, 3.8) is 0 Å². The maximum absolute atomic E-state index is 11.8. The molecule has 8 heteroatoms. The molecule has 0 aliphatic carbocycles. The molecule has 2 aromatic heterocycles. The number of fused-ring (bicyclic) bond motifs is 5. The first-order valence-electron chi connectivity index (χ1n) is 7.44. The third kappa shape index (κ3) is 4.03. The van der Waals surface area contributed by atoms with E-state index >= 15 is 0 Å². The highest BCUT2D eigenvalue weighted by Crippen LogP contribution is 2.25. The minimum atomic E-state index is -0.603. The van der Waals surface area contributed by atoms with Gasteiger partial charge >= 0.3 is 11.9 Å². The van der Waals surface area contributed by atoms with Gasteiger partial charge in [0.15, 0.2) is 11.5 Å². The Morgan fingerprint density at radius 2 is 0.917 bits per heavy atom. The van der Waals surface area contributed by atoms with E-state index in [1.54, 1.807) is 12.1 Å². The van der Waals surface area contributed by atoms with Crippen LogP contribution in [0.1, 0.15) is 21.1 Å². The molecule has 3 heterocycles. The van der Waals surface area contributed by atoms with Gasteiger partial charge in [-0.05, 0) is 24.3 Å². The standard InChI is InChI=1S/C16H16O8/c17-15-13-3-1-11(23-13)12-2-4-14(24-12)16(18)22-10-8-20-6-5-19-7-9-21-15/h1-4H,5-10H2. The first-order valence-corrected chi connectivity index (χ1v) is 7.44. The lowest BCUT2D eigenvalue weighted by atomic mass is 10.3. The Kier molecular flexibility index (Phi) is 5.29. The smallest absolute Gasteiger partial charge is 0.374 e. The third-order valence-electron chi connectivity index (χ3n) is 3.15. The number of esters is 2. The second-order valence-corrected chi connectivity index (χ2v) is 4.82. The van der Waals surface area contributed by atoms with Crippen LogP contribution in [0.15, 0.2) is 33.1 Å². The molecule has 0 spiro atoms. The number of hydrogen-bond acceptors (Lipinski definition) is 8. The minimum Gasteiger partial charge on any atom is -0.457 e. The molecule has 0 saturated heterocycles. The fraction of sp³-hybridized carbons (Fsp3) is 0.375. The van der Waals surface area contributed by atoms with Gasteiger partial charge in [0.1, 0.15) is 13.2 Å². The van der Waals surface area contributed by atoms with E-state index in [4.69, 9.17) is 27.8 Å². The fourth-order valence-electron chi connectivity index (χ4n) is 2.01. The van der Waals surface area contributed by atoms with Gasteiger partial charge in [0.25, 0.3) is 0 Å². The lowest BCUT2D eigenvalue weighted by Gasteiger charge is -2.07. The van der Waals surface area contributed by atoms with Crippen LogP contribution in [0, 0.1) is 0 Å². The van der Waals surface area contributed by atoms with Crippen molar-refractivity contribution in [1.82, 2.24) is 0 Å². The predicted molar refractivity (Wildman–Crippen MR) is 78.6 cm³/mol. The van der Waals surface area contributed by atoms with Gasteiger partial charge in [-0.15, -0.1) is 0 Å². The van der Waals surface area contributed by atoms with Crippen molar-refractivity contribution in [2.75, 3.05) is 39.6 Å². The molecule has 0 unspecified atom stereocenters. The quantitative estimate of drug-likeness (QED) is 0.673. The highest BCUT2D eigenvalue weighted by Gasteiger charge is 2.18. The largest absolute Gasteiger partial charge is 0.457 e. The molecule has 24 heavy (non-hydrogen) atoms. The van der Waals surface area contributed by atoms with Crippen LogP contribution < -0.4 is 0 Å². The number of hydrogen-bond donors (Lipinski definition) is 0. The number of carbonyl (C=O) groups excluding carboxylic acids is 2. The molecule has 128 valence electrons. The van der Waals surface area contributed by atoms with Gasteiger partial charge in [0.2, 0.25) is 11.5 Å². The third-order valence-corrected chi connectivity index (χ3v) is 3.15. The molecule has 0 amide bonds. The van der Waals surface area contributed by atoms with Crippen molar-refractivity contribution in [2.24, 2.45) is 0 Å². The summed E-state index contributed by atoms with van der Waals surface area (Å²) in [5.74, 6) is -0.518. The monoisotopic (exact) mass is 336 g/mol. The van der Waals surface area contributed by atoms with Crippen LogP contribution in [0.3, 0.4) is 0 Å². The van der Waals surface area contributed by atoms with Gasteiger partial charge in [-0.3, -0.25) is 0 Å². The summed E-state index contributed by atoms with van der Waals surface area (Å²) in [6.45, 7) is 1.41. The Morgan fingerprint density at radius 1 is 0.542 bits per heavy atom. The number of ether oxygens (including phenoxy) is 4. The average molecular weight is 336 g/mol. The second-order valence-electron chi connectivity index (χ2n) is 4.82. The van der Waals surface area contributed by atoms with Crippen LogP contribution in [0.5, 0.6) is 0 Å². The Morgan fingerprint density at radius 3 is 1.38 bits per heavy atom. The molecular formula is C16H16O8. The summed E-state index contributed by atoms with van der Waals surface area (Å²) in [5, 5.41) is 0. The molecule has 4 bridgehead atoms. The number of furan rings is 2. The summed E-state index contributed by atoms with van der Waals surface area (Å²) in [7, 11) is 0. The molecule has 1 aliphatic heterocycles. The highest BCUT2D eigenvalue weighted by molar-refractivity contribution is 5.88. The molecular weight excluding hydrogens is 320 g/mol. The maximum atomic E-state index is 11.8. The zero-order valence-corrected chi connectivity index (χ0v) is 12.8. The topological polar surface area (TPSA) is 97.3 Å². The second kappa shape index (κ2) is 7.80. The van der Waals surface area contributed by atoms with Crippen molar-refractivity contribution in [2.45, 2.75) is 0 Å². The van der Waals surface area contributed by atoms with Crippen molar-refractivity contribution >= 4 is 11.9 Å². The van der Waals surface area contributed by atoms with E-state index < -0.39 is 11.9 Å². The fourth-order valence-corrected chi connectivity index (χ4v) is 2.01. The molecule has 0 saturated carbocycles. The van der Waals surface area contributed by atoms with Gasteiger partial charge in [-0.1, -0.05) is 0 Å². The number of rotatable bonds is 0. The Hall–Kier alpha value is -2.58. The maximum Gasteiger partial charge on any atom is 0.374 e. The summed E-state index contributed by atoms with van der Waals surface area (Å²) < 4.78 is 31.4. The Balaban J connectivity index is 1.75. The van der Waals surface area contributed by atoms with Gasteiger partial charge < -0.3 is 27.8 Å². The van der Waals surface area contributed by atoms with Gasteiger partial charge in [-0.2, -0.15) is 0 Å². The molecule has 0 atom stereocenters. The van der Waals surface area contributed by atoms with E-state index in [-0.39, 0.29) is 37.9 Å². The average Bonchev–Trinajstić information content (AvgIpc) is 3.24. The van der Waals surface area contributed by atoms with Crippen LogP contribution in [0.4, 0.5) is 0 Å². The zero-order chi connectivity index (χ0) is 16.8. The summed E-state index contributed by atoms with van der Waals surface area (Å²) >= 11 is 0. The van der Waals surface area contributed by atoms with Crippen LogP contribution >= 0.6 is 0 Å². The first kappa shape index (κ1) is 16.3. The molecule has 2 aromatic rings. The van der Waals surface area contributed by atoms with Crippen LogP contribution in [-0.2, 0) is 18.9 Å². The summed E-state index contributed by atoms with van der Waals surface area (Å²) in [4.78, 5) is 23.7. The van der Waals surface area contributed by atoms with Gasteiger partial charge in [0.05, 0.1) is 26.4 Å². The molecule has 0 aromatic carbocycles. The normalized spacial score (nSPS) is 17.5. The highest BCUT2D eigenvalue weighted by atomic mass is 16.6. The van der Waals surface area contributed by atoms with E-state index in [2.05, 4.69) is 0 Å². The van der Waals surface area contributed by atoms with Gasteiger partial charge in [0, 0.05) is 0 Å². The van der Waals surface area contributed by atoms with Crippen molar-refractivity contribution < 1.29 is 37.4 Å². The van der Waals surface area contributed by atoms with Crippen molar-refractivity contribution in [3.05, 3.63) is 35.8 Å². The molecule has 0 fully saturated rings. The number of cyclic esters (lactones) is 2. The summed E-state index contributed by atoms with van der Waals surface area (Å²) in [6, 6.07) is 6.06. The van der Waals surface area contributed by atoms with Crippen LogP contribution in [0.2, 0.25) is 0 Å². The van der Waals surface area contributed by atoms with E-state index in [9.17, 15) is 9.59 Å². The summed E-state index contributed by atoms with van der Waals surface area (Å²) in [5.41, 5.74) is 0. The minimum absolute atomic E-state index is 0.0370. The van der Waals surface area contributed by atoms with Gasteiger partial charge in [-0.25, -0.2) is 9.59 Å². The Labute approximate surface area is 137 Å². The van der Waals surface area contributed by atoms with Crippen LogP contribution in [0.25, 0.3) is 11.5 Å². The summed E-state index contributed by atoms with van der Waals surface area (Å²) in [6.07, 6.45) is 0. The predicted octanol–water partition coefficient (Wildman–Crippen LogP) is 1.90. The molecule has 8 nitrogen and oxygen atoms in total. The van der Waals surface area contributed by atoms with E-state index in [0.717, 1.165) is 0 Å². The van der Waals surface area contributed by atoms with E-state index in [0.29, 0.717) is 24.7 Å². The number of carbonyl (C=O) groups is 2. The molecule has 1 aliphatic rings. The Bertz CT molecular complexity index is 638.